The van der Waals surface area contributed by atoms with Crippen LogP contribution in [-0.2, 0) is 6.54 Å². The van der Waals surface area contributed by atoms with Crippen LogP contribution < -0.4 is 5.56 Å². The normalized spacial score (nSPS) is 10.9. The number of halogens is 2. The highest BCUT2D eigenvalue weighted by atomic mass is 19.2. The van der Waals surface area contributed by atoms with E-state index < -0.39 is 17.2 Å². The largest absolute Gasteiger partial charge is 0.395 e. The summed E-state index contributed by atoms with van der Waals surface area (Å²) in [6.45, 7) is -0.155. The molecular weight excluding hydrogens is 218 g/mol. The summed E-state index contributed by atoms with van der Waals surface area (Å²) in [5, 5.41) is 8.69. The van der Waals surface area contributed by atoms with Gasteiger partial charge in [-0.15, -0.1) is 0 Å². The van der Waals surface area contributed by atoms with Gasteiger partial charge in [0.25, 0.3) is 5.56 Å². The topological polar surface area (TPSA) is 55.1 Å². The molecule has 0 saturated heterocycles. The van der Waals surface area contributed by atoms with Crippen LogP contribution in [0.3, 0.4) is 0 Å². The fourth-order valence-electron chi connectivity index (χ4n) is 1.42. The second-order valence-corrected chi connectivity index (χ2v) is 3.25. The molecule has 6 heteroatoms. The van der Waals surface area contributed by atoms with E-state index in [1.165, 1.54) is 6.33 Å². The summed E-state index contributed by atoms with van der Waals surface area (Å²) >= 11 is 0. The summed E-state index contributed by atoms with van der Waals surface area (Å²) in [6, 6.07) is 1.68. The molecule has 0 saturated carbocycles. The lowest BCUT2D eigenvalue weighted by Gasteiger charge is -2.04. The number of benzene rings is 1. The molecule has 4 nitrogen and oxygen atoms in total. The molecule has 0 spiro atoms. The monoisotopic (exact) mass is 226 g/mol. The molecule has 0 unspecified atom stereocenters. The molecule has 1 aromatic heterocycles. The highest BCUT2D eigenvalue weighted by molar-refractivity contribution is 5.77. The first-order valence-corrected chi connectivity index (χ1v) is 4.58. The zero-order valence-corrected chi connectivity index (χ0v) is 8.15. The molecule has 0 aliphatic rings. The van der Waals surface area contributed by atoms with Gasteiger partial charge in [0, 0.05) is 6.07 Å². The van der Waals surface area contributed by atoms with Gasteiger partial charge < -0.3 is 5.11 Å². The van der Waals surface area contributed by atoms with Crippen molar-refractivity contribution in [2.24, 2.45) is 0 Å². The van der Waals surface area contributed by atoms with Crippen LogP contribution in [0.15, 0.2) is 23.3 Å². The predicted octanol–water partition coefficient (Wildman–Crippen LogP) is 0.667. The van der Waals surface area contributed by atoms with Crippen LogP contribution in [0, 0.1) is 11.6 Å². The molecule has 16 heavy (non-hydrogen) atoms. The minimum absolute atomic E-state index is 0.00477. The van der Waals surface area contributed by atoms with Crippen LogP contribution in [0.4, 0.5) is 8.78 Å². The lowest BCUT2D eigenvalue weighted by atomic mass is 10.2. The van der Waals surface area contributed by atoms with Crippen LogP contribution >= 0.6 is 0 Å². The number of aliphatic hydroxyl groups is 1. The predicted molar refractivity (Wildman–Crippen MR) is 53.0 cm³/mol. The van der Waals surface area contributed by atoms with Gasteiger partial charge in [-0.05, 0) is 6.07 Å². The SMILES string of the molecule is O=c1c2cc(F)c(F)cc2ncn1CCO. The summed E-state index contributed by atoms with van der Waals surface area (Å²) in [4.78, 5) is 15.5. The lowest BCUT2D eigenvalue weighted by molar-refractivity contribution is 0.274. The maximum absolute atomic E-state index is 12.9. The zero-order chi connectivity index (χ0) is 11.7. The Kier molecular flexibility index (Phi) is 2.66. The third kappa shape index (κ3) is 1.67. The molecule has 1 N–H and O–H groups in total. The molecule has 0 fully saturated rings. The summed E-state index contributed by atoms with van der Waals surface area (Å²) in [5.74, 6) is -2.13. The van der Waals surface area contributed by atoms with Gasteiger partial charge in [-0.2, -0.15) is 0 Å². The maximum atomic E-state index is 12.9. The van der Waals surface area contributed by atoms with Gasteiger partial charge >= 0.3 is 0 Å². The quantitative estimate of drug-likeness (QED) is 0.818. The number of nitrogens with zero attached hydrogens (tertiary/aromatic N) is 2. The van der Waals surface area contributed by atoms with Crippen molar-refractivity contribution in [1.82, 2.24) is 9.55 Å². The van der Waals surface area contributed by atoms with Gasteiger partial charge in [0.1, 0.15) is 0 Å². The molecule has 1 aromatic carbocycles. The number of hydrogen-bond acceptors (Lipinski definition) is 3. The average Bonchev–Trinajstić information content (AvgIpc) is 2.26. The molecule has 0 atom stereocenters. The maximum Gasteiger partial charge on any atom is 0.261 e. The number of aliphatic hydroxyl groups excluding tert-OH is 1. The van der Waals surface area contributed by atoms with E-state index in [0.29, 0.717) is 0 Å². The van der Waals surface area contributed by atoms with E-state index in [2.05, 4.69) is 4.98 Å². The van der Waals surface area contributed by atoms with Crippen molar-refractivity contribution in [3.8, 4) is 0 Å². The Morgan fingerprint density at radius 2 is 2.00 bits per heavy atom. The van der Waals surface area contributed by atoms with Crippen molar-refractivity contribution in [1.29, 1.82) is 0 Å². The van der Waals surface area contributed by atoms with Gasteiger partial charge in [-0.3, -0.25) is 9.36 Å². The van der Waals surface area contributed by atoms with Crippen molar-refractivity contribution in [2.75, 3.05) is 6.61 Å². The minimum Gasteiger partial charge on any atom is -0.395 e. The summed E-state index contributed by atoms with van der Waals surface area (Å²) < 4.78 is 26.9. The van der Waals surface area contributed by atoms with Crippen molar-refractivity contribution in [2.45, 2.75) is 6.54 Å². The molecular formula is C10H8F2N2O2. The Labute approximate surface area is 88.8 Å². The van der Waals surface area contributed by atoms with Crippen molar-refractivity contribution < 1.29 is 13.9 Å². The first-order chi connectivity index (χ1) is 7.63. The fourth-order valence-corrected chi connectivity index (χ4v) is 1.42. The van der Waals surface area contributed by atoms with Crippen LogP contribution in [0.2, 0.25) is 0 Å². The standard InChI is InChI=1S/C10H8F2N2O2/c11-7-3-6-9(4-8(7)12)13-5-14(1-2-15)10(6)16/h3-5,15H,1-2H2. The van der Waals surface area contributed by atoms with E-state index in [9.17, 15) is 13.6 Å². The number of rotatable bonds is 2. The van der Waals surface area contributed by atoms with Gasteiger partial charge in [0.2, 0.25) is 0 Å². The summed E-state index contributed by atoms with van der Waals surface area (Å²) in [6.07, 6.45) is 1.19. The smallest absolute Gasteiger partial charge is 0.261 e. The fraction of sp³-hybridized carbons (Fsp3) is 0.200. The molecule has 0 radical (unpaired) electrons. The van der Waals surface area contributed by atoms with Crippen LogP contribution in [-0.4, -0.2) is 21.3 Å². The second-order valence-electron chi connectivity index (χ2n) is 3.25. The third-order valence-corrected chi connectivity index (χ3v) is 2.21. The second kappa shape index (κ2) is 3.97. The number of aromatic nitrogens is 2. The van der Waals surface area contributed by atoms with Gasteiger partial charge in [-0.25, -0.2) is 13.8 Å². The number of hydrogen-bond donors (Lipinski definition) is 1. The Bertz CT molecular complexity index is 595. The summed E-state index contributed by atoms with van der Waals surface area (Å²) in [7, 11) is 0. The Morgan fingerprint density at radius 1 is 1.31 bits per heavy atom. The van der Waals surface area contributed by atoms with E-state index in [4.69, 9.17) is 5.11 Å². The van der Waals surface area contributed by atoms with Crippen LogP contribution in [0.1, 0.15) is 0 Å². The molecule has 0 aliphatic carbocycles. The van der Waals surface area contributed by atoms with E-state index in [0.717, 1.165) is 16.7 Å². The van der Waals surface area contributed by atoms with E-state index >= 15 is 0 Å². The van der Waals surface area contributed by atoms with Crippen LogP contribution in [0.5, 0.6) is 0 Å². The Balaban J connectivity index is 2.74. The Hall–Kier alpha value is -1.82. The van der Waals surface area contributed by atoms with Gasteiger partial charge in [0.05, 0.1) is 30.4 Å². The first kappa shape index (κ1) is 10.7. The number of fused-ring (bicyclic) bond motifs is 1. The lowest BCUT2D eigenvalue weighted by Crippen LogP contribution is -2.22. The van der Waals surface area contributed by atoms with E-state index in [1.54, 1.807) is 0 Å². The minimum atomic E-state index is -1.09. The highest BCUT2D eigenvalue weighted by Gasteiger charge is 2.09. The molecule has 0 bridgehead atoms. The molecule has 0 amide bonds. The highest BCUT2D eigenvalue weighted by Crippen LogP contribution is 2.12. The zero-order valence-electron chi connectivity index (χ0n) is 8.15. The average molecular weight is 226 g/mol. The van der Waals surface area contributed by atoms with Crippen molar-refractivity contribution in [3.63, 3.8) is 0 Å². The van der Waals surface area contributed by atoms with Crippen molar-refractivity contribution in [3.05, 3.63) is 40.4 Å². The molecule has 1 heterocycles. The molecule has 2 rings (SSSR count). The van der Waals surface area contributed by atoms with Gasteiger partial charge in [0.15, 0.2) is 11.6 Å². The van der Waals surface area contributed by atoms with Crippen LogP contribution in [0.25, 0.3) is 10.9 Å². The summed E-state index contributed by atoms with van der Waals surface area (Å²) in [5.41, 5.74) is -0.406. The third-order valence-electron chi connectivity index (χ3n) is 2.21. The molecule has 0 aliphatic heterocycles. The molecule has 2 aromatic rings. The Morgan fingerprint density at radius 3 is 2.69 bits per heavy atom. The van der Waals surface area contributed by atoms with Gasteiger partial charge in [-0.1, -0.05) is 0 Å². The van der Waals surface area contributed by atoms with E-state index in [1.807, 2.05) is 0 Å². The molecule has 84 valence electrons. The van der Waals surface area contributed by atoms with Crippen molar-refractivity contribution >= 4 is 10.9 Å². The van der Waals surface area contributed by atoms with E-state index in [-0.39, 0.29) is 24.1 Å². The first-order valence-electron chi connectivity index (χ1n) is 4.58.